The van der Waals surface area contributed by atoms with Crippen LogP contribution in [0.4, 0.5) is 4.39 Å². The number of sulfonamides is 1. The Balaban J connectivity index is 1.95. The molecule has 0 fully saturated rings. The van der Waals surface area contributed by atoms with Crippen LogP contribution in [0, 0.1) is 12.7 Å². The molecule has 2 aromatic carbocycles. The lowest BCUT2D eigenvalue weighted by molar-refractivity contribution is 0.0744. The summed E-state index contributed by atoms with van der Waals surface area (Å²) in [5.74, 6) is -0.661. The van der Waals surface area contributed by atoms with Gasteiger partial charge in [0.05, 0.1) is 22.0 Å². The Labute approximate surface area is 162 Å². The molecule has 1 aromatic heterocycles. The van der Waals surface area contributed by atoms with E-state index in [4.69, 9.17) is 5.14 Å². The van der Waals surface area contributed by atoms with Gasteiger partial charge in [0.1, 0.15) is 5.82 Å². The van der Waals surface area contributed by atoms with Gasteiger partial charge in [-0.3, -0.25) is 9.78 Å². The second kappa shape index (κ2) is 7.29. The van der Waals surface area contributed by atoms with Gasteiger partial charge in [0.15, 0.2) is 0 Å². The summed E-state index contributed by atoms with van der Waals surface area (Å²) in [7, 11) is -2.12. The highest BCUT2D eigenvalue weighted by molar-refractivity contribution is 7.89. The summed E-state index contributed by atoms with van der Waals surface area (Å²) in [6.45, 7) is 3.58. The molecule has 0 bridgehead atoms. The third-order valence-corrected chi connectivity index (χ3v) is 5.65. The third kappa shape index (κ3) is 3.88. The molecule has 1 unspecified atom stereocenters. The van der Waals surface area contributed by atoms with E-state index in [9.17, 15) is 17.6 Å². The molecule has 6 nitrogen and oxygen atoms in total. The van der Waals surface area contributed by atoms with Crippen LogP contribution < -0.4 is 5.14 Å². The van der Waals surface area contributed by atoms with Gasteiger partial charge in [0.2, 0.25) is 10.0 Å². The van der Waals surface area contributed by atoms with Crippen molar-refractivity contribution >= 4 is 26.8 Å². The Bertz CT molecular complexity index is 1160. The molecule has 0 aliphatic heterocycles. The van der Waals surface area contributed by atoms with Crippen LogP contribution in [0.5, 0.6) is 0 Å². The number of aromatic nitrogens is 1. The number of halogens is 1. The van der Waals surface area contributed by atoms with E-state index in [0.29, 0.717) is 22.2 Å². The molecule has 0 spiro atoms. The van der Waals surface area contributed by atoms with Crippen molar-refractivity contribution in [2.24, 2.45) is 5.14 Å². The number of primary sulfonamides is 1. The molecule has 8 heteroatoms. The van der Waals surface area contributed by atoms with Crippen LogP contribution in [0.15, 0.2) is 53.4 Å². The minimum atomic E-state index is -3.78. The number of nitrogens with zero attached hydrogens (tertiary/aromatic N) is 2. The van der Waals surface area contributed by atoms with Gasteiger partial charge in [0.25, 0.3) is 5.91 Å². The molecule has 28 heavy (non-hydrogen) atoms. The van der Waals surface area contributed by atoms with Gasteiger partial charge in [-0.25, -0.2) is 17.9 Å². The van der Waals surface area contributed by atoms with Gasteiger partial charge in [-0.2, -0.15) is 0 Å². The van der Waals surface area contributed by atoms with Crippen LogP contribution in [0.2, 0.25) is 0 Å². The Morgan fingerprint density at radius 2 is 1.79 bits per heavy atom. The number of carbonyl (C=O) groups excluding carboxylic acids is 1. The summed E-state index contributed by atoms with van der Waals surface area (Å²) in [4.78, 5) is 19.0. The van der Waals surface area contributed by atoms with Gasteiger partial charge >= 0.3 is 0 Å². The molecule has 2 N–H and O–H groups in total. The van der Waals surface area contributed by atoms with Crippen molar-refractivity contribution in [3.05, 3.63) is 71.2 Å². The van der Waals surface area contributed by atoms with Crippen LogP contribution >= 0.6 is 0 Å². The van der Waals surface area contributed by atoms with Crippen molar-refractivity contribution in [3.8, 4) is 0 Å². The fourth-order valence-electron chi connectivity index (χ4n) is 3.04. The van der Waals surface area contributed by atoms with Crippen molar-refractivity contribution in [2.75, 3.05) is 7.05 Å². The minimum Gasteiger partial charge on any atom is -0.335 e. The number of benzene rings is 2. The highest BCUT2D eigenvalue weighted by atomic mass is 32.2. The van der Waals surface area contributed by atoms with Crippen LogP contribution in [-0.2, 0) is 10.0 Å². The molecule has 0 saturated heterocycles. The monoisotopic (exact) mass is 401 g/mol. The largest absolute Gasteiger partial charge is 0.335 e. The van der Waals surface area contributed by atoms with Gasteiger partial charge in [0, 0.05) is 24.2 Å². The third-order valence-electron chi connectivity index (χ3n) is 4.72. The fourth-order valence-corrected chi connectivity index (χ4v) is 3.55. The lowest BCUT2D eigenvalue weighted by Gasteiger charge is -2.26. The highest BCUT2D eigenvalue weighted by Gasteiger charge is 2.22. The number of nitrogens with two attached hydrogens (primary N) is 1. The molecule has 1 amide bonds. The predicted molar refractivity (Wildman–Crippen MR) is 105 cm³/mol. The van der Waals surface area contributed by atoms with E-state index in [1.807, 2.05) is 6.92 Å². The number of aryl methyl sites for hydroxylation is 1. The molecule has 0 aliphatic rings. The van der Waals surface area contributed by atoms with E-state index >= 15 is 0 Å². The lowest BCUT2D eigenvalue weighted by Crippen LogP contribution is -2.30. The standard InChI is InChI=1S/C20H20FN3O3S/c1-12-10-18(17-9-6-15(21)11-19(17)23-12)20(25)24(3)13(2)14-4-7-16(8-5-14)28(22,26)27/h4-11,13H,1-3H3,(H2,22,26,27). The maximum atomic E-state index is 13.5. The molecule has 146 valence electrons. The molecule has 0 saturated carbocycles. The molecule has 1 atom stereocenters. The van der Waals surface area contributed by atoms with E-state index in [1.165, 1.54) is 24.3 Å². The first-order chi connectivity index (χ1) is 13.1. The molecular weight excluding hydrogens is 381 g/mol. The van der Waals surface area contributed by atoms with Crippen LogP contribution in [-0.4, -0.2) is 31.3 Å². The maximum absolute atomic E-state index is 13.5. The maximum Gasteiger partial charge on any atom is 0.254 e. The Morgan fingerprint density at radius 1 is 1.14 bits per heavy atom. The van der Waals surface area contributed by atoms with Crippen LogP contribution in [0.3, 0.4) is 0 Å². The number of pyridine rings is 1. The molecule has 3 rings (SSSR count). The summed E-state index contributed by atoms with van der Waals surface area (Å²) < 4.78 is 36.3. The van der Waals surface area contributed by atoms with Gasteiger partial charge in [-0.15, -0.1) is 0 Å². The summed E-state index contributed by atoms with van der Waals surface area (Å²) in [5.41, 5.74) is 2.21. The Hall–Kier alpha value is -2.84. The summed E-state index contributed by atoms with van der Waals surface area (Å²) in [6.07, 6.45) is 0. The van der Waals surface area contributed by atoms with Crippen LogP contribution in [0.25, 0.3) is 10.9 Å². The van der Waals surface area contributed by atoms with E-state index in [0.717, 1.165) is 5.56 Å². The van der Waals surface area contributed by atoms with Crippen molar-refractivity contribution in [3.63, 3.8) is 0 Å². The molecule has 3 aromatic rings. The van der Waals surface area contributed by atoms with E-state index in [-0.39, 0.29) is 16.8 Å². The summed E-state index contributed by atoms with van der Waals surface area (Å²) >= 11 is 0. The smallest absolute Gasteiger partial charge is 0.254 e. The zero-order valence-electron chi connectivity index (χ0n) is 15.7. The second-order valence-corrected chi connectivity index (χ2v) is 8.24. The highest BCUT2D eigenvalue weighted by Crippen LogP contribution is 2.26. The second-order valence-electron chi connectivity index (χ2n) is 6.68. The predicted octanol–water partition coefficient (Wildman–Crippen LogP) is 3.16. The molecule has 1 heterocycles. The Kier molecular flexibility index (Phi) is 5.18. The van der Waals surface area contributed by atoms with Gasteiger partial charge in [-0.05, 0) is 49.7 Å². The topological polar surface area (TPSA) is 93.4 Å². The number of amides is 1. The summed E-state index contributed by atoms with van der Waals surface area (Å²) in [6, 6.07) is 11.6. The zero-order valence-corrected chi connectivity index (χ0v) is 16.5. The number of hydrogen-bond donors (Lipinski definition) is 1. The van der Waals surface area contributed by atoms with Crippen molar-refractivity contribution in [1.82, 2.24) is 9.88 Å². The number of hydrogen-bond acceptors (Lipinski definition) is 4. The Morgan fingerprint density at radius 3 is 2.39 bits per heavy atom. The average Bonchev–Trinajstić information content (AvgIpc) is 2.64. The normalized spacial score (nSPS) is 12.8. The van der Waals surface area contributed by atoms with Gasteiger partial charge in [-0.1, -0.05) is 12.1 Å². The number of carbonyl (C=O) groups is 1. The SMILES string of the molecule is Cc1cc(C(=O)N(C)C(C)c2ccc(S(N)(=O)=O)cc2)c2ccc(F)cc2n1. The van der Waals surface area contributed by atoms with Crippen LogP contribution in [0.1, 0.15) is 34.6 Å². The lowest BCUT2D eigenvalue weighted by atomic mass is 10.0. The first-order valence-electron chi connectivity index (χ1n) is 8.55. The van der Waals surface area contributed by atoms with Crippen molar-refractivity contribution in [1.29, 1.82) is 0 Å². The molecule has 0 aliphatic carbocycles. The first-order valence-corrected chi connectivity index (χ1v) is 10.1. The minimum absolute atomic E-state index is 0.00945. The molecule has 0 radical (unpaired) electrons. The molecular formula is C20H20FN3O3S. The van der Waals surface area contributed by atoms with Crippen molar-refractivity contribution in [2.45, 2.75) is 24.8 Å². The number of rotatable bonds is 4. The zero-order chi connectivity index (χ0) is 20.6. The van der Waals surface area contributed by atoms with Gasteiger partial charge < -0.3 is 4.90 Å². The first kappa shape index (κ1) is 19.9. The van der Waals surface area contributed by atoms with E-state index in [2.05, 4.69) is 4.98 Å². The fraction of sp³-hybridized carbons (Fsp3) is 0.200. The van der Waals surface area contributed by atoms with E-state index in [1.54, 1.807) is 43.1 Å². The number of fused-ring (bicyclic) bond motifs is 1. The summed E-state index contributed by atoms with van der Waals surface area (Å²) in [5, 5.41) is 5.69. The quantitative estimate of drug-likeness (QED) is 0.727. The average molecular weight is 401 g/mol. The van der Waals surface area contributed by atoms with Crippen molar-refractivity contribution < 1.29 is 17.6 Å². The van der Waals surface area contributed by atoms with E-state index < -0.39 is 15.8 Å².